The fraction of sp³-hybridized carbons (Fsp3) is 0.429. The van der Waals surface area contributed by atoms with Crippen LogP contribution in [0.5, 0.6) is 0 Å². The van der Waals surface area contributed by atoms with Crippen molar-refractivity contribution in [2.75, 3.05) is 6.54 Å². The first-order chi connectivity index (χ1) is 4.34. The summed E-state index contributed by atoms with van der Waals surface area (Å²) in [6.07, 6.45) is 5.74. The maximum Gasteiger partial charge on any atom is 0.115 e. The molecule has 0 aliphatic heterocycles. The Bertz CT molecular complexity index is 158. The van der Waals surface area contributed by atoms with E-state index in [0.717, 1.165) is 18.4 Å². The standard InChI is InChI=1S/C7H11NO/c8-5-6-3-1-2-4-7(6)9/h3-4,9H,1-2,5,8H2. The minimum atomic E-state index is 0.365. The fourth-order valence-corrected chi connectivity index (χ4v) is 0.901. The van der Waals surface area contributed by atoms with E-state index in [-0.39, 0.29) is 0 Å². The normalized spacial score (nSPS) is 18.8. The molecule has 1 rings (SSSR count). The molecule has 0 bridgehead atoms. The van der Waals surface area contributed by atoms with Gasteiger partial charge in [0, 0.05) is 12.1 Å². The summed E-state index contributed by atoms with van der Waals surface area (Å²) in [7, 11) is 0. The second-order valence-electron chi connectivity index (χ2n) is 2.10. The van der Waals surface area contributed by atoms with Gasteiger partial charge in [0.25, 0.3) is 0 Å². The lowest BCUT2D eigenvalue weighted by Crippen LogP contribution is -2.07. The lowest BCUT2D eigenvalue weighted by Gasteiger charge is -2.07. The Balaban J connectivity index is 2.68. The molecule has 2 nitrogen and oxygen atoms in total. The predicted molar refractivity (Wildman–Crippen MR) is 37.1 cm³/mol. The van der Waals surface area contributed by atoms with Gasteiger partial charge in [-0.15, -0.1) is 0 Å². The van der Waals surface area contributed by atoms with E-state index >= 15 is 0 Å². The number of rotatable bonds is 1. The average Bonchev–Trinajstić information content (AvgIpc) is 1.89. The van der Waals surface area contributed by atoms with Gasteiger partial charge in [0.1, 0.15) is 5.76 Å². The first-order valence-electron chi connectivity index (χ1n) is 3.13. The molecule has 1 aliphatic carbocycles. The molecule has 9 heavy (non-hydrogen) atoms. The smallest absolute Gasteiger partial charge is 0.115 e. The molecular weight excluding hydrogens is 114 g/mol. The van der Waals surface area contributed by atoms with Gasteiger partial charge in [-0.2, -0.15) is 0 Å². The second-order valence-corrected chi connectivity index (χ2v) is 2.10. The van der Waals surface area contributed by atoms with Crippen molar-refractivity contribution in [3.05, 3.63) is 23.5 Å². The number of aliphatic hydroxyl groups excluding tert-OH is 1. The molecule has 2 heteroatoms. The van der Waals surface area contributed by atoms with E-state index in [1.54, 1.807) is 0 Å². The number of aliphatic hydroxyl groups is 1. The van der Waals surface area contributed by atoms with E-state index in [2.05, 4.69) is 0 Å². The Kier molecular flexibility index (Phi) is 1.90. The number of nitrogens with two attached hydrogens (primary N) is 1. The van der Waals surface area contributed by atoms with E-state index in [1.807, 2.05) is 12.2 Å². The molecule has 0 aromatic heterocycles. The molecule has 0 aromatic carbocycles. The van der Waals surface area contributed by atoms with Gasteiger partial charge >= 0.3 is 0 Å². The molecule has 0 radical (unpaired) electrons. The Morgan fingerprint density at radius 3 is 2.56 bits per heavy atom. The van der Waals surface area contributed by atoms with Crippen molar-refractivity contribution in [2.24, 2.45) is 5.73 Å². The van der Waals surface area contributed by atoms with Gasteiger partial charge in [-0.1, -0.05) is 6.08 Å². The quantitative estimate of drug-likeness (QED) is 0.551. The summed E-state index contributed by atoms with van der Waals surface area (Å²) in [6, 6.07) is 0. The predicted octanol–water partition coefficient (Wildman–Crippen LogP) is 1.11. The highest BCUT2D eigenvalue weighted by Crippen LogP contribution is 2.14. The zero-order valence-corrected chi connectivity index (χ0v) is 5.30. The molecule has 0 aromatic rings. The van der Waals surface area contributed by atoms with Gasteiger partial charge in [-0.25, -0.2) is 0 Å². The van der Waals surface area contributed by atoms with Crippen LogP contribution in [-0.4, -0.2) is 11.7 Å². The van der Waals surface area contributed by atoms with Gasteiger partial charge < -0.3 is 10.8 Å². The maximum atomic E-state index is 9.08. The number of hydrogen-bond donors (Lipinski definition) is 2. The molecule has 0 heterocycles. The van der Waals surface area contributed by atoms with Crippen molar-refractivity contribution in [3.63, 3.8) is 0 Å². The van der Waals surface area contributed by atoms with E-state index in [9.17, 15) is 0 Å². The van der Waals surface area contributed by atoms with E-state index in [1.165, 1.54) is 0 Å². The van der Waals surface area contributed by atoms with Gasteiger partial charge in [0.2, 0.25) is 0 Å². The number of hydrogen-bond acceptors (Lipinski definition) is 2. The van der Waals surface area contributed by atoms with Crippen molar-refractivity contribution in [1.82, 2.24) is 0 Å². The van der Waals surface area contributed by atoms with Crippen LogP contribution in [0.15, 0.2) is 23.5 Å². The molecule has 50 valence electrons. The third-order valence-electron chi connectivity index (χ3n) is 1.44. The van der Waals surface area contributed by atoms with Crippen molar-refractivity contribution in [1.29, 1.82) is 0 Å². The van der Waals surface area contributed by atoms with Gasteiger partial charge in [0.15, 0.2) is 0 Å². The van der Waals surface area contributed by atoms with Crippen molar-refractivity contribution >= 4 is 0 Å². The summed E-state index contributed by atoms with van der Waals surface area (Å²) in [4.78, 5) is 0. The van der Waals surface area contributed by atoms with Crippen molar-refractivity contribution in [3.8, 4) is 0 Å². The highest BCUT2D eigenvalue weighted by molar-refractivity contribution is 5.28. The molecule has 0 spiro atoms. The highest BCUT2D eigenvalue weighted by atomic mass is 16.3. The molecule has 0 unspecified atom stereocenters. The van der Waals surface area contributed by atoms with Gasteiger partial charge in [-0.3, -0.25) is 0 Å². The average molecular weight is 125 g/mol. The van der Waals surface area contributed by atoms with Crippen LogP contribution >= 0.6 is 0 Å². The lowest BCUT2D eigenvalue weighted by atomic mass is 10.1. The minimum Gasteiger partial charge on any atom is -0.508 e. The summed E-state index contributed by atoms with van der Waals surface area (Å²) in [6.45, 7) is 0.447. The molecule has 0 saturated carbocycles. The highest BCUT2D eigenvalue weighted by Gasteiger charge is 2.03. The second kappa shape index (κ2) is 2.69. The molecule has 1 aliphatic rings. The Morgan fingerprint density at radius 1 is 1.44 bits per heavy atom. The minimum absolute atomic E-state index is 0.365. The van der Waals surface area contributed by atoms with Crippen LogP contribution in [0.1, 0.15) is 12.8 Å². The van der Waals surface area contributed by atoms with Crippen LogP contribution in [0.4, 0.5) is 0 Å². The summed E-state index contributed by atoms with van der Waals surface area (Å²) < 4.78 is 0. The Morgan fingerprint density at radius 2 is 2.11 bits per heavy atom. The van der Waals surface area contributed by atoms with Crippen molar-refractivity contribution in [2.45, 2.75) is 12.8 Å². The largest absolute Gasteiger partial charge is 0.508 e. The first-order valence-corrected chi connectivity index (χ1v) is 3.13. The van der Waals surface area contributed by atoms with E-state index in [4.69, 9.17) is 10.8 Å². The monoisotopic (exact) mass is 125 g/mol. The molecule has 0 amide bonds. The third kappa shape index (κ3) is 1.33. The third-order valence-corrected chi connectivity index (χ3v) is 1.44. The summed E-state index contributed by atoms with van der Waals surface area (Å²) >= 11 is 0. The molecular formula is C7H11NO. The molecule has 3 N–H and O–H groups in total. The summed E-state index contributed by atoms with van der Waals surface area (Å²) in [5.41, 5.74) is 6.20. The fourth-order valence-electron chi connectivity index (χ4n) is 0.901. The van der Waals surface area contributed by atoms with Gasteiger partial charge in [-0.05, 0) is 18.9 Å². The SMILES string of the molecule is NCC1=CCCC=C1O. The Labute approximate surface area is 54.7 Å². The zero-order chi connectivity index (χ0) is 6.69. The zero-order valence-electron chi connectivity index (χ0n) is 5.30. The van der Waals surface area contributed by atoms with E-state index < -0.39 is 0 Å². The van der Waals surface area contributed by atoms with Crippen LogP contribution < -0.4 is 5.73 Å². The van der Waals surface area contributed by atoms with Crippen molar-refractivity contribution < 1.29 is 5.11 Å². The van der Waals surface area contributed by atoms with Crippen LogP contribution in [0.3, 0.4) is 0 Å². The van der Waals surface area contributed by atoms with Crippen LogP contribution in [0.25, 0.3) is 0 Å². The Hall–Kier alpha value is -0.760. The van der Waals surface area contributed by atoms with Gasteiger partial charge in [0.05, 0.1) is 0 Å². The lowest BCUT2D eigenvalue weighted by molar-refractivity contribution is 0.415. The van der Waals surface area contributed by atoms with E-state index in [0.29, 0.717) is 12.3 Å². The van der Waals surface area contributed by atoms with Crippen LogP contribution in [0, 0.1) is 0 Å². The number of allylic oxidation sites excluding steroid dienone is 2. The first kappa shape index (κ1) is 6.36. The van der Waals surface area contributed by atoms with Crippen LogP contribution in [0.2, 0.25) is 0 Å². The van der Waals surface area contributed by atoms with Crippen LogP contribution in [-0.2, 0) is 0 Å². The molecule has 0 atom stereocenters. The maximum absolute atomic E-state index is 9.08. The molecule has 0 saturated heterocycles. The summed E-state index contributed by atoms with van der Waals surface area (Å²) in [5, 5.41) is 9.08. The topological polar surface area (TPSA) is 46.2 Å². The summed E-state index contributed by atoms with van der Waals surface area (Å²) in [5.74, 6) is 0.365. The molecule has 0 fully saturated rings.